The first-order chi connectivity index (χ1) is 23.6. The Labute approximate surface area is 293 Å². The van der Waals surface area contributed by atoms with E-state index in [1.165, 1.54) is 9.80 Å². The van der Waals surface area contributed by atoms with Gasteiger partial charge in [-0.2, -0.15) is 0 Å². The Morgan fingerprint density at radius 3 is 2.53 bits per heavy atom. The number of benzene rings is 2. The predicted molar refractivity (Wildman–Crippen MR) is 186 cm³/mol. The summed E-state index contributed by atoms with van der Waals surface area (Å²) >= 11 is 6.59. The summed E-state index contributed by atoms with van der Waals surface area (Å²) in [6.07, 6.45) is 4.75. The highest BCUT2D eigenvalue weighted by Gasteiger charge is 2.75. The fourth-order valence-corrected chi connectivity index (χ4v) is 7.98. The van der Waals surface area contributed by atoms with Gasteiger partial charge in [0.1, 0.15) is 18.2 Å². The molecule has 49 heavy (non-hydrogen) atoms. The fourth-order valence-electron chi connectivity index (χ4n) is 7.74. The number of aliphatic hydroxyl groups excluding tert-OH is 1. The lowest BCUT2D eigenvalue weighted by molar-refractivity contribution is -0.147. The van der Waals surface area contributed by atoms with Crippen LogP contribution in [-0.2, 0) is 28.7 Å². The second-order valence-corrected chi connectivity index (χ2v) is 13.5. The van der Waals surface area contributed by atoms with Crippen LogP contribution in [-0.4, -0.2) is 77.2 Å². The SMILES string of the molecule is C=CCCC(=O)OC[C@@H](NC(=O)[C@@H]1[C@H]2C(=O)N([C@@H](CO)[C@@H](C)CC)[C@H](C(=O)N(CC=C)c3ccccc3Cl)[C@]23CC[C@H]1O3)c1ccccc1. The molecule has 0 saturated carbocycles. The van der Waals surface area contributed by atoms with Crippen molar-refractivity contribution >= 4 is 41.0 Å². The van der Waals surface area contributed by atoms with Crippen LogP contribution in [0.25, 0.3) is 0 Å². The number of esters is 1. The molecule has 0 aliphatic carbocycles. The molecule has 3 aliphatic heterocycles. The monoisotopic (exact) mass is 691 g/mol. The Kier molecular flexibility index (Phi) is 11.6. The molecule has 3 fully saturated rings. The Bertz CT molecular complexity index is 1550. The van der Waals surface area contributed by atoms with E-state index < -0.39 is 65.4 Å². The minimum atomic E-state index is -1.30. The number of hydrogen-bond donors (Lipinski definition) is 2. The van der Waals surface area contributed by atoms with Crippen molar-refractivity contribution in [1.29, 1.82) is 0 Å². The van der Waals surface area contributed by atoms with Crippen LogP contribution in [0.1, 0.15) is 57.6 Å². The van der Waals surface area contributed by atoms with Crippen molar-refractivity contribution in [2.45, 2.75) is 75.8 Å². The molecule has 3 heterocycles. The van der Waals surface area contributed by atoms with Gasteiger partial charge in [-0.25, -0.2) is 0 Å². The van der Waals surface area contributed by atoms with E-state index >= 15 is 0 Å². The van der Waals surface area contributed by atoms with Crippen LogP contribution in [0.15, 0.2) is 79.9 Å². The number of carbonyl (C=O) groups excluding carboxylic acids is 4. The van der Waals surface area contributed by atoms with Gasteiger partial charge in [-0.05, 0) is 42.9 Å². The number of carbonyl (C=O) groups is 4. The van der Waals surface area contributed by atoms with Gasteiger partial charge < -0.3 is 29.7 Å². The maximum atomic E-state index is 14.9. The molecule has 8 atom stereocenters. The number of hydrogen-bond acceptors (Lipinski definition) is 7. The van der Waals surface area contributed by atoms with Crippen molar-refractivity contribution in [3.05, 3.63) is 90.5 Å². The number of rotatable bonds is 16. The van der Waals surface area contributed by atoms with E-state index in [0.717, 1.165) is 5.56 Å². The normalized spacial score (nSPS) is 25.6. The lowest BCUT2D eigenvalue weighted by atomic mass is 9.70. The molecule has 3 saturated heterocycles. The maximum absolute atomic E-state index is 14.9. The number of nitrogens with zero attached hydrogens (tertiary/aromatic N) is 2. The van der Waals surface area contributed by atoms with Gasteiger partial charge in [-0.3, -0.25) is 19.2 Å². The molecule has 0 unspecified atom stereocenters. The standard InChI is InChI=1S/C38H46ClN3O7/c1-5-8-18-31(44)48-23-27(25-14-10-9-11-15-25)40-35(45)32-30-19-20-38(49-30)33(32)36(46)42(29(22-43)24(4)7-3)34(38)37(47)41(21-6-2)28-17-13-12-16-26(28)39/h5-6,9-17,24,27,29-30,32-34,43H,1-2,7-8,18-23H2,3-4H3,(H,40,45)/t24-,27+,29-,30+,32-,33-,34+,38-/m0/s1. The van der Waals surface area contributed by atoms with Crippen LogP contribution in [0.2, 0.25) is 5.02 Å². The first kappa shape index (κ1) is 36.3. The molecule has 2 N–H and O–H groups in total. The molecule has 11 heteroatoms. The van der Waals surface area contributed by atoms with Crippen molar-refractivity contribution in [3.8, 4) is 0 Å². The van der Waals surface area contributed by atoms with E-state index in [2.05, 4.69) is 18.5 Å². The predicted octanol–water partition coefficient (Wildman–Crippen LogP) is 5.01. The highest BCUT2D eigenvalue weighted by atomic mass is 35.5. The Hall–Kier alpha value is -3.99. The number of halogens is 1. The van der Waals surface area contributed by atoms with Crippen LogP contribution >= 0.6 is 11.6 Å². The third-order valence-electron chi connectivity index (χ3n) is 10.3. The Morgan fingerprint density at radius 2 is 1.88 bits per heavy atom. The van der Waals surface area contributed by atoms with E-state index in [0.29, 0.717) is 36.4 Å². The maximum Gasteiger partial charge on any atom is 0.306 e. The Morgan fingerprint density at radius 1 is 1.16 bits per heavy atom. The van der Waals surface area contributed by atoms with Crippen molar-refractivity contribution in [3.63, 3.8) is 0 Å². The summed E-state index contributed by atoms with van der Waals surface area (Å²) in [6.45, 7) is 11.0. The third-order valence-corrected chi connectivity index (χ3v) is 10.6. The van der Waals surface area contributed by atoms with Crippen LogP contribution < -0.4 is 10.2 Å². The number of amides is 3. The van der Waals surface area contributed by atoms with E-state index in [9.17, 15) is 24.3 Å². The number of nitrogens with one attached hydrogen (secondary N) is 1. The van der Waals surface area contributed by atoms with Gasteiger partial charge in [0, 0.05) is 13.0 Å². The highest BCUT2D eigenvalue weighted by Crippen LogP contribution is 2.59. The molecular weight excluding hydrogens is 646 g/mol. The first-order valence-electron chi connectivity index (χ1n) is 17.0. The number of para-hydroxylation sites is 1. The lowest BCUT2D eigenvalue weighted by Gasteiger charge is -2.41. The molecule has 10 nitrogen and oxygen atoms in total. The fraction of sp³-hybridized carbons (Fsp3) is 0.474. The lowest BCUT2D eigenvalue weighted by Crippen LogP contribution is -2.60. The number of allylic oxidation sites excluding steroid dienone is 1. The van der Waals surface area contributed by atoms with Gasteiger partial charge >= 0.3 is 5.97 Å². The van der Waals surface area contributed by atoms with Crippen LogP contribution in [0.5, 0.6) is 0 Å². The molecule has 2 bridgehead atoms. The van der Waals surface area contributed by atoms with Crippen molar-refractivity contribution in [2.75, 3.05) is 24.7 Å². The summed E-state index contributed by atoms with van der Waals surface area (Å²) in [4.78, 5) is 59.3. The van der Waals surface area contributed by atoms with E-state index in [1.54, 1.807) is 36.4 Å². The first-order valence-corrected chi connectivity index (χ1v) is 17.4. The van der Waals surface area contributed by atoms with E-state index in [4.69, 9.17) is 21.1 Å². The Balaban J connectivity index is 1.51. The van der Waals surface area contributed by atoms with Crippen LogP contribution in [0.3, 0.4) is 0 Å². The summed E-state index contributed by atoms with van der Waals surface area (Å²) in [6, 6.07) is 13.6. The van der Waals surface area contributed by atoms with Crippen molar-refractivity contribution in [1.82, 2.24) is 10.2 Å². The van der Waals surface area contributed by atoms with Gasteiger partial charge in [0.2, 0.25) is 11.8 Å². The average Bonchev–Trinajstić information content (AvgIpc) is 3.76. The van der Waals surface area contributed by atoms with E-state index in [-0.39, 0.29) is 32.1 Å². The summed E-state index contributed by atoms with van der Waals surface area (Å²) in [5.41, 5.74) is -0.113. The number of likely N-dealkylation sites (tertiary alicyclic amines) is 1. The van der Waals surface area contributed by atoms with Gasteiger partial charge in [0.25, 0.3) is 5.91 Å². The zero-order valence-electron chi connectivity index (χ0n) is 28.1. The summed E-state index contributed by atoms with van der Waals surface area (Å²) < 4.78 is 12.2. The molecule has 2 aromatic rings. The topological polar surface area (TPSA) is 125 Å². The van der Waals surface area contributed by atoms with Crippen molar-refractivity contribution in [2.24, 2.45) is 17.8 Å². The van der Waals surface area contributed by atoms with Crippen LogP contribution in [0, 0.1) is 17.8 Å². The molecule has 3 aliphatic rings. The average molecular weight is 692 g/mol. The zero-order valence-corrected chi connectivity index (χ0v) is 28.9. The van der Waals surface area contributed by atoms with Crippen LogP contribution in [0.4, 0.5) is 5.69 Å². The van der Waals surface area contributed by atoms with Crippen molar-refractivity contribution < 1.29 is 33.8 Å². The van der Waals surface area contributed by atoms with Gasteiger partial charge in [0.15, 0.2) is 0 Å². The largest absolute Gasteiger partial charge is 0.463 e. The summed E-state index contributed by atoms with van der Waals surface area (Å²) in [5.74, 6) is -3.69. The zero-order chi connectivity index (χ0) is 35.3. The second kappa shape index (κ2) is 15.7. The minimum Gasteiger partial charge on any atom is -0.463 e. The number of anilines is 1. The third kappa shape index (κ3) is 6.91. The quantitative estimate of drug-likeness (QED) is 0.187. The highest BCUT2D eigenvalue weighted by molar-refractivity contribution is 6.34. The summed E-state index contributed by atoms with van der Waals surface area (Å²) in [7, 11) is 0. The molecule has 1 spiro atoms. The van der Waals surface area contributed by atoms with Gasteiger partial charge in [-0.1, -0.05) is 86.5 Å². The summed E-state index contributed by atoms with van der Waals surface area (Å²) in [5, 5.41) is 14.1. The number of ether oxygens (including phenoxy) is 2. The molecule has 0 aromatic heterocycles. The minimum absolute atomic E-state index is 0.101. The second-order valence-electron chi connectivity index (χ2n) is 13.1. The smallest absolute Gasteiger partial charge is 0.306 e. The molecular formula is C38H46ClN3O7. The van der Waals surface area contributed by atoms with Gasteiger partial charge in [-0.15, -0.1) is 13.2 Å². The van der Waals surface area contributed by atoms with Gasteiger partial charge in [0.05, 0.1) is 47.3 Å². The molecule has 262 valence electrons. The molecule has 5 rings (SSSR count). The molecule has 0 radical (unpaired) electrons. The number of aliphatic hydroxyl groups is 1. The molecule has 2 aromatic carbocycles. The molecule has 3 amide bonds. The number of fused-ring (bicyclic) bond motifs is 1. The van der Waals surface area contributed by atoms with E-state index in [1.807, 2.05) is 44.2 Å².